The number of ether oxygens (including phenoxy) is 1. The molecule has 1 aliphatic heterocycles. The zero-order valence-corrected chi connectivity index (χ0v) is 18.9. The summed E-state index contributed by atoms with van der Waals surface area (Å²) in [6, 6.07) is 6.60. The lowest BCUT2D eigenvalue weighted by Gasteiger charge is -2.29. The summed E-state index contributed by atoms with van der Waals surface area (Å²) in [4.78, 5) is 34.7. The number of likely N-dealkylation sites (tertiary alicyclic amines) is 1. The van der Waals surface area contributed by atoms with Gasteiger partial charge < -0.3 is 19.9 Å². The fourth-order valence-corrected chi connectivity index (χ4v) is 3.74. The number of hydrogen-bond acceptors (Lipinski definition) is 4. The van der Waals surface area contributed by atoms with E-state index in [2.05, 4.69) is 37.8 Å². The van der Waals surface area contributed by atoms with Crippen LogP contribution in [0, 0.1) is 37.0 Å². The predicted molar refractivity (Wildman–Crippen MR) is 122 cm³/mol. The lowest BCUT2D eigenvalue weighted by Crippen LogP contribution is -2.51. The number of terminal acetylenes is 1. The molecule has 2 unspecified atom stereocenters. The van der Waals surface area contributed by atoms with Crippen molar-refractivity contribution in [3.05, 3.63) is 52.6 Å². The predicted octanol–water partition coefficient (Wildman–Crippen LogP) is 3.14. The molecule has 0 aliphatic carbocycles. The average Bonchev–Trinajstić information content (AvgIpc) is 3.42. The maximum absolute atomic E-state index is 13.2. The van der Waals surface area contributed by atoms with Gasteiger partial charge in [0.1, 0.15) is 17.6 Å². The molecule has 2 atom stereocenters. The number of aryl methyl sites for hydroxylation is 1. The van der Waals surface area contributed by atoms with Gasteiger partial charge in [-0.15, -0.1) is 6.42 Å². The van der Waals surface area contributed by atoms with Crippen molar-refractivity contribution in [2.75, 3.05) is 13.7 Å². The second-order valence-electron chi connectivity index (χ2n) is 8.11. The third kappa shape index (κ3) is 5.12. The third-order valence-corrected chi connectivity index (χ3v) is 5.52. The minimum Gasteiger partial charge on any atom is -0.453 e. The van der Waals surface area contributed by atoms with Crippen LogP contribution < -0.4 is 5.32 Å². The maximum Gasteiger partial charge on any atom is 0.407 e. The van der Waals surface area contributed by atoms with E-state index in [1.54, 1.807) is 4.90 Å². The van der Waals surface area contributed by atoms with Gasteiger partial charge in [0, 0.05) is 23.4 Å². The number of hydrogen-bond donors (Lipinski definition) is 2. The van der Waals surface area contributed by atoms with Crippen LogP contribution in [0.4, 0.5) is 4.79 Å². The first-order chi connectivity index (χ1) is 15.3. The zero-order chi connectivity index (χ0) is 23.3. The molecule has 0 saturated carbocycles. The standard InChI is InChI=1S/C25H28N4O3/c1-6-18-9-11-19(12-10-18)13-14-20-17(4)26-23(27-20)21-8-7-15-29(21)24(30)22(16(2)3)28-25(31)32-5/h1,9-12,16,21-22H,7-8,15H2,2-5H3,(H,26,27)(H,28,31). The summed E-state index contributed by atoms with van der Waals surface area (Å²) in [5, 5.41) is 2.66. The number of rotatable bonds is 4. The number of imidazole rings is 1. The van der Waals surface area contributed by atoms with Crippen LogP contribution in [0.5, 0.6) is 0 Å². The third-order valence-electron chi connectivity index (χ3n) is 5.52. The van der Waals surface area contributed by atoms with E-state index >= 15 is 0 Å². The number of benzene rings is 1. The molecule has 166 valence electrons. The molecule has 32 heavy (non-hydrogen) atoms. The maximum atomic E-state index is 13.2. The Morgan fingerprint density at radius 2 is 1.94 bits per heavy atom. The van der Waals surface area contributed by atoms with Crippen LogP contribution in [0.15, 0.2) is 24.3 Å². The van der Waals surface area contributed by atoms with Crippen molar-refractivity contribution in [2.24, 2.45) is 5.92 Å². The van der Waals surface area contributed by atoms with Gasteiger partial charge in [0.15, 0.2) is 0 Å². The van der Waals surface area contributed by atoms with E-state index in [0.717, 1.165) is 29.7 Å². The van der Waals surface area contributed by atoms with Crippen molar-refractivity contribution in [3.8, 4) is 24.2 Å². The van der Waals surface area contributed by atoms with E-state index in [9.17, 15) is 9.59 Å². The van der Waals surface area contributed by atoms with Crippen LogP contribution in [0.1, 0.15) is 61.1 Å². The molecule has 2 heterocycles. The van der Waals surface area contributed by atoms with Crippen LogP contribution in [-0.4, -0.2) is 46.6 Å². The number of aromatic amines is 1. The zero-order valence-electron chi connectivity index (χ0n) is 18.9. The second-order valence-corrected chi connectivity index (χ2v) is 8.11. The highest BCUT2D eigenvalue weighted by molar-refractivity contribution is 5.86. The Kier molecular flexibility index (Phi) is 7.22. The molecule has 3 rings (SSSR count). The molecule has 7 nitrogen and oxygen atoms in total. The van der Waals surface area contributed by atoms with Gasteiger partial charge in [-0.05, 0) is 55.9 Å². The lowest BCUT2D eigenvalue weighted by atomic mass is 10.0. The first kappa shape index (κ1) is 23.0. The Labute approximate surface area is 188 Å². The number of H-pyrrole nitrogens is 1. The number of nitrogens with zero attached hydrogens (tertiary/aromatic N) is 2. The van der Waals surface area contributed by atoms with Crippen LogP contribution in [0.3, 0.4) is 0 Å². The molecule has 1 aromatic carbocycles. The number of alkyl carbamates (subject to hydrolysis) is 1. The second kappa shape index (κ2) is 10.1. The van der Waals surface area contributed by atoms with Crippen LogP contribution in [0.2, 0.25) is 0 Å². The van der Waals surface area contributed by atoms with Crippen molar-refractivity contribution in [1.29, 1.82) is 0 Å². The number of methoxy groups -OCH3 is 1. The lowest BCUT2D eigenvalue weighted by molar-refractivity contribution is -0.135. The minimum absolute atomic E-state index is 0.0801. The van der Waals surface area contributed by atoms with Gasteiger partial charge in [-0.2, -0.15) is 0 Å². The topological polar surface area (TPSA) is 87.3 Å². The van der Waals surface area contributed by atoms with Crippen LogP contribution in [0.25, 0.3) is 0 Å². The number of carbonyl (C=O) groups is 2. The number of nitrogens with one attached hydrogen (secondary N) is 2. The summed E-state index contributed by atoms with van der Waals surface area (Å²) < 4.78 is 4.69. The van der Waals surface area contributed by atoms with Crippen molar-refractivity contribution in [3.63, 3.8) is 0 Å². The number of aromatic nitrogens is 2. The normalized spacial score (nSPS) is 16.1. The summed E-state index contributed by atoms with van der Waals surface area (Å²) in [5.74, 6) is 9.30. The molecule has 0 radical (unpaired) electrons. The van der Waals surface area contributed by atoms with E-state index in [-0.39, 0.29) is 17.9 Å². The Balaban J connectivity index is 1.80. The molecule has 0 spiro atoms. The largest absolute Gasteiger partial charge is 0.453 e. The quantitative estimate of drug-likeness (QED) is 0.727. The number of carbonyl (C=O) groups excluding carboxylic acids is 2. The highest BCUT2D eigenvalue weighted by atomic mass is 16.5. The fraction of sp³-hybridized carbons (Fsp3) is 0.400. The average molecular weight is 433 g/mol. The molecule has 1 aliphatic rings. The van der Waals surface area contributed by atoms with E-state index in [1.165, 1.54) is 7.11 Å². The van der Waals surface area contributed by atoms with Gasteiger partial charge in [0.05, 0.1) is 13.2 Å². The van der Waals surface area contributed by atoms with Gasteiger partial charge in [-0.1, -0.05) is 25.7 Å². The number of amides is 2. The first-order valence-electron chi connectivity index (χ1n) is 10.6. The molecular weight excluding hydrogens is 404 g/mol. The Hall–Kier alpha value is -3.71. The van der Waals surface area contributed by atoms with Crippen molar-refractivity contribution >= 4 is 12.0 Å². The molecule has 0 bridgehead atoms. The van der Waals surface area contributed by atoms with Gasteiger partial charge in [-0.25, -0.2) is 9.78 Å². The van der Waals surface area contributed by atoms with Crippen molar-refractivity contribution in [1.82, 2.24) is 20.2 Å². The van der Waals surface area contributed by atoms with Crippen molar-refractivity contribution < 1.29 is 14.3 Å². The summed E-state index contributed by atoms with van der Waals surface area (Å²) in [6.07, 6.45) is 6.43. The van der Waals surface area contributed by atoms with Gasteiger partial charge in [-0.3, -0.25) is 4.79 Å². The molecule has 2 aromatic rings. The van der Waals surface area contributed by atoms with Gasteiger partial charge in [0.25, 0.3) is 0 Å². The Morgan fingerprint density at radius 3 is 2.56 bits per heavy atom. The Bertz CT molecular complexity index is 1080. The highest BCUT2D eigenvalue weighted by Gasteiger charge is 2.37. The molecular formula is C25H28N4O3. The van der Waals surface area contributed by atoms with Gasteiger partial charge >= 0.3 is 6.09 Å². The highest BCUT2D eigenvalue weighted by Crippen LogP contribution is 2.32. The SMILES string of the molecule is C#Cc1ccc(C#Cc2nc(C3CCCN3C(=O)C(NC(=O)OC)C(C)C)[nH]c2C)cc1. The molecule has 1 saturated heterocycles. The summed E-state index contributed by atoms with van der Waals surface area (Å²) in [7, 11) is 1.29. The fourth-order valence-electron chi connectivity index (χ4n) is 3.74. The Morgan fingerprint density at radius 1 is 1.25 bits per heavy atom. The molecule has 1 fully saturated rings. The molecule has 2 N–H and O–H groups in total. The summed E-state index contributed by atoms with van der Waals surface area (Å²) in [6.45, 7) is 6.31. The minimum atomic E-state index is -0.663. The molecule has 2 amide bonds. The van der Waals surface area contributed by atoms with Crippen LogP contribution >= 0.6 is 0 Å². The van der Waals surface area contributed by atoms with Crippen LogP contribution in [-0.2, 0) is 9.53 Å². The van der Waals surface area contributed by atoms with E-state index in [0.29, 0.717) is 18.1 Å². The molecule has 1 aromatic heterocycles. The summed E-state index contributed by atoms with van der Waals surface area (Å²) in [5.41, 5.74) is 3.15. The van der Waals surface area contributed by atoms with Crippen molar-refractivity contribution in [2.45, 2.75) is 45.7 Å². The van der Waals surface area contributed by atoms with E-state index < -0.39 is 12.1 Å². The molecule has 7 heteroatoms. The first-order valence-corrected chi connectivity index (χ1v) is 10.6. The smallest absolute Gasteiger partial charge is 0.407 e. The van der Waals surface area contributed by atoms with Gasteiger partial charge in [0.2, 0.25) is 5.91 Å². The van der Waals surface area contributed by atoms with E-state index in [4.69, 9.17) is 6.42 Å². The summed E-state index contributed by atoms with van der Waals surface area (Å²) >= 11 is 0. The monoisotopic (exact) mass is 432 g/mol. The van der Waals surface area contributed by atoms with E-state index in [1.807, 2.05) is 45.0 Å².